The summed E-state index contributed by atoms with van der Waals surface area (Å²) >= 11 is 0. The number of benzene rings is 1. The lowest BCUT2D eigenvalue weighted by atomic mass is 10.0. The van der Waals surface area contributed by atoms with Gasteiger partial charge in [0.15, 0.2) is 11.5 Å². The number of hydrogen-bond acceptors (Lipinski definition) is 9. The van der Waals surface area contributed by atoms with Gasteiger partial charge in [-0.2, -0.15) is 4.98 Å². The molecule has 5 heterocycles. The minimum Gasteiger partial charge on any atom is -0.369 e. The number of aromatic nitrogens is 5. The third-order valence-corrected chi connectivity index (χ3v) is 8.83. The Bertz CT molecular complexity index is 1650. The predicted octanol–water partition coefficient (Wildman–Crippen LogP) is 2.59. The fourth-order valence-electron chi connectivity index (χ4n) is 6.12. The summed E-state index contributed by atoms with van der Waals surface area (Å²) in [4.78, 5) is 34.7. The van der Waals surface area contributed by atoms with E-state index in [0.717, 1.165) is 50.8 Å². The molecule has 11 heteroatoms. The van der Waals surface area contributed by atoms with Gasteiger partial charge in [-0.25, -0.2) is 19.3 Å². The molecule has 1 atom stereocenters. The molecule has 0 radical (unpaired) electrons. The van der Waals surface area contributed by atoms with E-state index < -0.39 is 0 Å². The summed E-state index contributed by atoms with van der Waals surface area (Å²) in [5.41, 5.74) is 9.08. The fraction of sp³-hybridized carbons (Fsp3) is 0.400. The van der Waals surface area contributed by atoms with Crippen LogP contribution in [0.2, 0.25) is 0 Å². The van der Waals surface area contributed by atoms with Gasteiger partial charge in [-0.05, 0) is 56.3 Å². The minimum atomic E-state index is -0.185. The molecular formula is C30H36N10O. The van der Waals surface area contributed by atoms with Gasteiger partial charge in [-0.1, -0.05) is 12.1 Å². The molecule has 11 nitrogen and oxygen atoms in total. The second-order valence-electron chi connectivity index (χ2n) is 11.6. The van der Waals surface area contributed by atoms with Crippen LogP contribution in [0.1, 0.15) is 12.8 Å². The van der Waals surface area contributed by atoms with E-state index in [0.29, 0.717) is 29.3 Å². The zero-order valence-electron chi connectivity index (χ0n) is 23.4. The highest BCUT2D eigenvalue weighted by Crippen LogP contribution is 2.52. The van der Waals surface area contributed by atoms with Gasteiger partial charge in [-0.3, -0.25) is 4.79 Å². The van der Waals surface area contributed by atoms with Gasteiger partial charge in [0.05, 0.1) is 6.54 Å². The van der Waals surface area contributed by atoms with Gasteiger partial charge in [-0.15, -0.1) is 6.58 Å². The molecule has 2 aliphatic heterocycles. The topological polar surface area (TPSA) is 113 Å². The molecule has 41 heavy (non-hydrogen) atoms. The lowest BCUT2D eigenvalue weighted by Crippen LogP contribution is -2.44. The van der Waals surface area contributed by atoms with Crippen molar-refractivity contribution in [2.75, 3.05) is 61.4 Å². The number of anilines is 4. The van der Waals surface area contributed by atoms with E-state index in [4.69, 9.17) is 15.7 Å². The van der Waals surface area contributed by atoms with E-state index in [2.05, 4.69) is 50.8 Å². The first-order chi connectivity index (χ1) is 19.9. The third kappa shape index (κ3) is 4.64. The van der Waals surface area contributed by atoms with Crippen molar-refractivity contribution in [1.82, 2.24) is 29.2 Å². The van der Waals surface area contributed by atoms with Crippen molar-refractivity contribution in [3.05, 3.63) is 71.7 Å². The van der Waals surface area contributed by atoms with Crippen molar-refractivity contribution in [2.24, 2.45) is 11.1 Å². The number of piperazine rings is 1. The molecule has 1 unspecified atom stereocenters. The van der Waals surface area contributed by atoms with Crippen LogP contribution in [0, 0.1) is 5.41 Å². The molecule has 7 rings (SSSR count). The van der Waals surface area contributed by atoms with Gasteiger partial charge < -0.3 is 25.8 Å². The molecule has 1 saturated carbocycles. The molecule has 212 valence electrons. The Morgan fingerprint density at radius 2 is 1.80 bits per heavy atom. The SMILES string of the molecule is C=CCn1c(=O)c2cnc(Nc3ccc(N4CCN(C)CC4)cc3)nc2n1-c1cccc(N2CC(N)C3(CC3)C2)n1. The van der Waals surface area contributed by atoms with Crippen molar-refractivity contribution in [3.63, 3.8) is 0 Å². The van der Waals surface area contributed by atoms with Crippen LogP contribution in [-0.4, -0.2) is 81.6 Å². The maximum Gasteiger partial charge on any atom is 0.278 e. The molecule has 1 aromatic carbocycles. The van der Waals surface area contributed by atoms with E-state index >= 15 is 0 Å². The molecule has 1 spiro atoms. The van der Waals surface area contributed by atoms with E-state index in [1.807, 2.05) is 30.3 Å². The average molecular weight is 553 g/mol. The Kier molecular flexibility index (Phi) is 6.28. The normalized spacial score (nSPS) is 20.2. The van der Waals surface area contributed by atoms with Crippen LogP contribution in [-0.2, 0) is 6.54 Å². The molecule has 0 amide bonds. The van der Waals surface area contributed by atoms with E-state index in [9.17, 15) is 4.79 Å². The van der Waals surface area contributed by atoms with Crippen molar-refractivity contribution in [2.45, 2.75) is 25.4 Å². The molecule has 3 N–H and O–H groups in total. The lowest BCUT2D eigenvalue weighted by Gasteiger charge is -2.34. The van der Waals surface area contributed by atoms with Crippen molar-refractivity contribution < 1.29 is 0 Å². The molecule has 2 saturated heterocycles. The maximum atomic E-state index is 13.4. The highest BCUT2D eigenvalue weighted by Gasteiger charge is 2.53. The smallest absolute Gasteiger partial charge is 0.278 e. The van der Waals surface area contributed by atoms with E-state index in [-0.39, 0.29) is 17.0 Å². The number of nitrogens with zero attached hydrogens (tertiary/aromatic N) is 8. The zero-order valence-corrected chi connectivity index (χ0v) is 23.4. The van der Waals surface area contributed by atoms with Gasteiger partial charge in [0.1, 0.15) is 11.2 Å². The highest BCUT2D eigenvalue weighted by atomic mass is 16.1. The Morgan fingerprint density at radius 1 is 1.05 bits per heavy atom. The second-order valence-corrected chi connectivity index (χ2v) is 11.6. The number of fused-ring (bicyclic) bond motifs is 1. The molecule has 4 aromatic rings. The van der Waals surface area contributed by atoms with Crippen LogP contribution in [0.5, 0.6) is 0 Å². The predicted molar refractivity (Wildman–Crippen MR) is 162 cm³/mol. The monoisotopic (exact) mass is 552 g/mol. The van der Waals surface area contributed by atoms with Gasteiger partial charge in [0, 0.05) is 68.3 Å². The Morgan fingerprint density at radius 3 is 2.51 bits per heavy atom. The quantitative estimate of drug-likeness (QED) is 0.334. The van der Waals surface area contributed by atoms with E-state index in [1.54, 1.807) is 21.6 Å². The molecule has 0 bridgehead atoms. The number of rotatable bonds is 7. The van der Waals surface area contributed by atoms with Gasteiger partial charge in [0.25, 0.3) is 5.56 Å². The zero-order chi connectivity index (χ0) is 28.1. The van der Waals surface area contributed by atoms with Gasteiger partial charge >= 0.3 is 0 Å². The Labute approximate surface area is 238 Å². The standard InChI is InChI=1S/C30H36N10O/c1-3-13-39-28(41)23-18-32-29(33-21-7-9-22(10-8-21)37-16-14-36(2)15-17-37)35-27(23)40(39)26-6-4-5-25(34-26)38-19-24(31)30(20-38)11-12-30/h3-10,18,24H,1,11-17,19-20,31H2,2H3,(H,32,33,35). The molecule has 3 aliphatic rings. The first-order valence-electron chi connectivity index (χ1n) is 14.3. The number of hydrogen-bond donors (Lipinski definition) is 2. The summed E-state index contributed by atoms with van der Waals surface area (Å²) < 4.78 is 3.38. The van der Waals surface area contributed by atoms with Crippen LogP contribution in [0.3, 0.4) is 0 Å². The number of likely N-dealkylation sites (N-methyl/N-ethyl adjacent to an activating group) is 1. The second kappa shape index (κ2) is 10.0. The lowest BCUT2D eigenvalue weighted by molar-refractivity contribution is 0.313. The average Bonchev–Trinajstić information content (AvgIpc) is 3.63. The highest BCUT2D eigenvalue weighted by molar-refractivity contribution is 5.77. The van der Waals surface area contributed by atoms with Crippen LogP contribution < -0.4 is 26.4 Å². The molecular weight excluding hydrogens is 516 g/mol. The van der Waals surface area contributed by atoms with Crippen LogP contribution >= 0.6 is 0 Å². The Hall–Kier alpha value is -4.22. The van der Waals surface area contributed by atoms with E-state index in [1.165, 1.54) is 18.5 Å². The first-order valence-corrected chi connectivity index (χ1v) is 14.3. The summed E-state index contributed by atoms with van der Waals surface area (Å²) in [5, 5.41) is 3.74. The largest absolute Gasteiger partial charge is 0.369 e. The summed E-state index contributed by atoms with van der Waals surface area (Å²) in [6, 6.07) is 14.4. The molecule has 3 aromatic heterocycles. The summed E-state index contributed by atoms with van der Waals surface area (Å²) in [6.07, 6.45) is 5.64. The van der Waals surface area contributed by atoms with Crippen molar-refractivity contribution >= 4 is 34.2 Å². The first kappa shape index (κ1) is 25.7. The Balaban J connectivity index is 1.20. The number of nitrogens with two attached hydrogens (primary N) is 1. The van der Waals surface area contributed by atoms with Crippen molar-refractivity contribution in [3.8, 4) is 5.82 Å². The molecule has 3 fully saturated rings. The maximum absolute atomic E-state index is 13.4. The number of allylic oxidation sites excluding steroid dienone is 1. The number of pyridine rings is 1. The summed E-state index contributed by atoms with van der Waals surface area (Å²) in [6.45, 7) is 10.0. The van der Waals surface area contributed by atoms with Crippen molar-refractivity contribution in [1.29, 1.82) is 0 Å². The summed E-state index contributed by atoms with van der Waals surface area (Å²) in [7, 11) is 2.16. The minimum absolute atomic E-state index is 0.163. The van der Waals surface area contributed by atoms with Gasteiger partial charge in [0.2, 0.25) is 5.95 Å². The third-order valence-electron chi connectivity index (χ3n) is 8.83. The van der Waals surface area contributed by atoms with Crippen LogP contribution in [0.4, 0.5) is 23.1 Å². The fourth-order valence-corrected chi connectivity index (χ4v) is 6.12. The number of nitrogens with one attached hydrogen (secondary N) is 1. The summed E-state index contributed by atoms with van der Waals surface area (Å²) in [5.74, 6) is 1.88. The van der Waals surface area contributed by atoms with Crippen LogP contribution in [0.25, 0.3) is 16.9 Å². The molecule has 1 aliphatic carbocycles. The van der Waals surface area contributed by atoms with Crippen LogP contribution in [0.15, 0.2) is 66.1 Å².